The Morgan fingerprint density at radius 3 is 2.82 bits per heavy atom. The van der Waals surface area contributed by atoms with Crippen LogP contribution in [0, 0.1) is 0 Å². The summed E-state index contributed by atoms with van der Waals surface area (Å²) in [6.45, 7) is 1.56. The van der Waals surface area contributed by atoms with Crippen LogP contribution in [-0.2, 0) is 19.0 Å². The smallest absolute Gasteiger partial charge is 0.264 e. The number of nitrogens with zero attached hydrogens (tertiary/aromatic N) is 4. The number of benzene rings is 1. The second-order valence-electron chi connectivity index (χ2n) is 6.53. The minimum absolute atomic E-state index is 0.0211. The van der Waals surface area contributed by atoms with E-state index in [0.717, 1.165) is 28.7 Å². The van der Waals surface area contributed by atoms with Crippen molar-refractivity contribution in [3.05, 3.63) is 47.7 Å². The molecule has 1 fully saturated rings. The number of anilines is 1. The number of ether oxygens (including phenoxy) is 1. The molecule has 148 valence electrons. The van der Waals surface area contributed by atoms with Gasteiger partial charge in [0, 0.05) is 29.7 Å². The van der Waals surface area contributed by atoms with Crippen molar-refractivity contribution in [1.29, 1.82) is 0 Å². The predicted molar refractivity (Wildman–Crippen MR) is 107 cm³/mol. The maximum Gasteiger partial charge on any atom is 0.264 e. The van der Waals surface area contributed by atoms with E-state index in [4.69, 9.17) is 25.6 Å². The molecular weight excluding hydrogens is 404 g/mol. The van der Waals surface area contributed by atoms with Gasteiger partial charge < -0.3 is 9.64 Å². The van der Waals surface area contributed by atoms with E-state index in [1.54, 1.807) is 12.4 Å². The molecule has 0 spiro atoms. The molecule has 1 aliphatic heterocycles. The Balaban J connectivity index is 1.66. The Kier molecular flexibility index (Phi) is 5.24. The Hall–Kier alpha value is -2.20. The summed E-state index contributed by atoms with van der Waals surface area (Å²) in [5, 5.41) is 6.41. The molecule has 4 rings (SSSR count). The average molecular weight is 423 g/mol. The fourth-order valence-electron chi connectivity index (χ4n) is 3.17. The summed E-state index contributed by atoms with van der Waals surface area (Å²) in [6.07, 6.45) is 4.17. The average Bonchev–Trinajstić information content (AvgIpc) is 3.07. The molecule has 3 heterocycles. The molecule has 8 nitrogen and oxygen atoms in total. The van der Waals surface area contributed by atoms with Gasteiger partial charge in [0.15, 0.2) is 5.82 Å². The highest BCUT2D eigenvalue weighted by atomic mass is 35.5. The quantitative estimate of drug-likeness (QED) is 0.583. The number of hydrogen-bond donors (Lipinski definition) is 0. The topological polar surface area (TPSA) is 86.6 Å². The first-order valence-electron chi connectivity index (χ1n) is 8.70. The van der Waals surface area contributed by atoms with Crippen LogP contribution in [0.5, 0.6) is 0 Å². The van der Waals surface area contributed by atoms with E-state index in [0.29, 0.717) is 24.7 Å². The molecule has 0 N–H and O–H groups in total. The van der Waals surface area contributed by atoms with Crippen LogP contribution >= 0.6 is 11.6 Å². The summed E-state index contributed by atoms with van der Waals surface area (Å²) in [5.41, 5.74) is 1.74. The highest BCUT2D eigenvalue weighted by Crippen LogP contribution is 2.29. The van der Waals surface area contributed by atoms with Gasteiger partial charge in [-0.2, -0.15) is 8.42 Å². The molecule has 2 aromatic heterocycles. The normalized spacial score (nSPS) is 17.9. The molecular formula is C18H19ClN4O4S. The van der Waals surface area contributed by atoms with Crippen molar-refractivity contribution in [3.8, 4) is 5.69 Å². The third-order valence-corrected chi connectivity index (χ3v) is 5.26. The van der Waals surface area contributed by atoms with Crippen LogP contribution in [0.25, 0.3) is 16.6 Å². The molecule has 28 heavy (non-hydrogen) atoms. The predicted octanol–water partition coefficient (Wildman–Crippen LogP) is 2.26. The van der Waals surface area contributed by atoms with Gasteiger partial charge in [0.25, 0.3) is 10.1 Å². The lowest BCUT2D eigenvalue weighted by atomic mass is 10.2. The SMILES string of the molecule is CS(=O)(=O)OCC1CN(c2nn(-c3ccc(Cl)cc3)c3cnccc23)CCO1. The van der Waals surface area contributed by atoms with Crippen LogP contribution in [0.1, 0.15) is 0 Å². The van der Waals surface area contributed by atoms with Gasteiger partial charge in [0.2, 0.25) is 0 Å². The zero-order valence-corrected chi connectivity index (χ0v) is 16.7. The lowest BCUT2D eigenvalue weighted by molar-refractivity contribution is 0.0118. The summed E-state index contributed by atoms with van der Waals surface area (Å²) in [7, 11) is -3.51. The summed E-state index contributed by atoms with van der Waals surface area (Å²) < 4.78 is 34.9. The van der Waals surface area contributed by atoms with Crippen LogP contribution in [0.4, 0.5) is 5.82 Å². The fraction of sp³-hybridized carbons (Fsp3) is 0.333. The standard InChI is InChI=1S/C18H19ClN4O4S/c1-28(24,25)27-12-15-11-22(8-9-26-15)18-16-6-7-20-10-17(16)23(21-18)14-4-2-13(19)3-5-14/h2-7,10,15H,8-9,11-12H2,1H3. The minimum Gasteiger partial charge on any atom is -0.372 e. The van der Waals surface area contributed by atoms with Crippen molar-refractivity contribution in [2.45, 2.75) is 6.10 Å². The molecule has 1 aliphatic rings. The molecule has 0 amide bonds. The van der Waals surface area contributed by atoms with Crippen LogP contribution in [0.3, 0.4) is 0 Å². The first-order chi connectivity index (χ1) is 13.4. The lowest BCUT2D eigenvalue weighted by Crippen LogP contribution is -2.45. The molecule has 1 aromatic carbocycles. The van der Waals surface area contributed by atoms with Gasteiger partial charge in [-0.3, -0.25) is 9.17 Å². The van der Waals surface area contributed by atoms with Crippen molar-refractivity contribution in [2.24, 2.45) is 0 Å². The van der Waals surface area contributed by atoms with Crippen LogP contribution in [0.15, 0.2) is 42.7 Å². The van der Waals surface area contributed by atoms with E-state index in [2.05, 4.69) is 9.88 Å². The Labute approximate surface area is 167 Å². The number of pyridine rings is 1. The number of hydrogen-bond acceptors (Lipinski definition) is 7. The molecule has 0 bridgehead atoms. The van der Waals surface area contributed by atoms with E-state index in [1.807, 2.05) is 35.0 Å². The molecule has 0 saturated carbocycles. The van der Waals surface area contributed by atoms with Crippen molar-refractivity contribution < 1.29 is 17.3 Å². The zero-order chi connectivity index (χ0) is 19.7. The van der Waals surface area contributed by atoms with Crippen LogP contribution in [0.2, 0.25) is 5.02 Å². The second-order valence-corrected chi connectivity index (χ2v) is 8.61. The fourth-order valence-corrected chi connectivity index (χ4v) is 3.70. The number of rotatable bonds is 5. The summed E-state index contributed by atoms with van der Waals surface area (Å²) in [6, 6.07) is 9.34. The second kappa shape index (κ2) is 7.67. The first-order valence-corrected chi connectivity index (χ1v) is 10.9. The summed E-state index contributed by atoms with van der Waals surface area (Å²) in [5.74, 6) is 0.792. The number of fused-ring (bicyclic) bond motifs is 1. The maximum atomic E-state index is 11.3. The Morgan fingerprint density at radius 2 is 2.07 bits per heavy atom. The van der Waals surface area contributed by atoms with Gasteiger partial charge in [0.1, 0.15) is 0 Å². The summed E-state index contributed by atoms with van der Waals surface area (Å²) >= 11 is 6.00. The first kappa shape index (κ1) is 19.1. The van der Waals surface area contributed by atoms with E-state index in [9.17, 15) is 8.42 Å². The van der Waals surface area contributed by atoms with E-state index in [-0.39, 0.29) is 12.7 Å². The molecule has 1 atom stereocenters. The monoisotopic (exact) mass is 422 g/mol. The van der Waals surface area contributed by atoms with E-state index in [1.165, 1.54) is 0 Å². The minimum atomic E-state index is -3.51. The highest BCUT2D eigenvalue weighted by molar-refractivity contribution is 7.85. The molecule has 3 aromatic rings. The number of aromatic nitrogens is 3. The van der Waals surface area contributed by atoms with Gasteiger partial charge in [0.05, 0.1) is 43.0 Å². The van der Waals surface area contributed by atoms with Crippen LogP contribution < -0.4 is 4.90 Å². The van der Waals surface area contributed by atoms with Gasteiger partial charge in [-0.25, -0.2) is 4.68 Å². The van der Waals surface area contributed by atoms with E-state index >= 15 is 0 Å². The zero-order valence-electron chi connectivity index (χ0n) is 15.2. The third-order valence-electron chi connectivity index (χ3n) is 4.44. The van der Waals surface area contributed by atoms with Gasteiger partial charge in [-0.15, -0.1) is 5.10 Å². The molecule has 0 radical (unpaired) electrons. The van der Waals surface area contributed by atoms with Crippen LogP contribution in [-0.4, -0.2) is 61.8 Å². The number of morpholine rings is 1. The Bertz CT molecular complexity index is 1080. The van der Waals surface area contributed by atoms with Crippen molar-refractivity contribution in [3.63, 3.8) is 0 Å². The highest BCUT2D eigenvalue weighted by Gasteiger charge is 2.26. The largest absolute Gasteiger partial charge is 0.372 e. The molecule has 0 aliphatic carbocycles. The molecule has 1 unspecified atom stereocenters. The van der Waals surface area contributed by atoms with Crippen molar-refractivity contribution in [1.82, 2.24) is 14.8 Å². The molecule has 1 saturated heterocycles. The van der Waals surface area contributed by atoms with Gasteiger partial charge in [-0.1, -0.05) is 11.6 Å². The number of halogens is 1. The third kappa shape index (κ3) is 4.12. The van der Waals surface area contributed by atoms with E-state index < -0.39 is 10.1 Å². The Morgan fingerprint density at radius 1 is 1.29 bits per heavy atom. The van der Waals surface area contributed by atoms with Crippen molar-refractivity contribution >= 4 is 38.4 Å². The molecule has 10 heteroatoms. The maximum absolute atomic E-state index is 11.3. The summed E-state index contributed by atoms with van der Waals surface area (Å²) in [4.78, 5) is 6.31. The van der Waals surface area contributed by atoms with Crippen molar-refractivity contribution in [2.75, 3.05) is 37.5 Å². The van der Waals surface area contributed by atoms with Gasteiger partial charge in [-0.05, 0) is 30.3 Å². The lowest BCUT2D eigenvalue weighted by Gasteiger charge is -2.32. The van der Waals surface area contributed by atoms with Gasteiger partial charge >= 0.3 is 0 Å².